The molecule has 1 aliphatic rings. The van der Waals surface area contributed by atoms with Gasteiger partial charge in [0, 0.05) is 25.7 Å². The number of likely N-dealkylation sites (N-methyl/N-ethyl adjacent to an activating group) is 1. The third kappa shape index (κ3) is 4.22. The van der Waals surface area contributed by atoms with E-state index in [9.17, 15) is 4.79 Å². The number of benzene rings is 1. The Morgan fingerprint density at radius 2 is 2.24 bits per heavy atom. The van der Waals surface area contributed by atoms with Gasteiger partial charge in [0.1, 0.15) is 0 Å². The van der Waals surface area contributed by atoms with Gasteiger partial charge in [-0.1, -0.05) is 23.7 Å². The average Bonchev–Trinajstić information content (AvgIpc) is 2.86. The lowest BCUT2D eigenvalue weighted by molar-refractivity contribution is -0.126. The number of halogens is 1. The van der Waals surface area contributed by atoms with Gasteiger partial charge < -0.3 is 14.4 Å². The zero-order chi connectivity index (χ0) is 17.8. The predicted octanol–water partition coefficient (Wildman–Crippen LogP) is 3.36. The quantitative estimate of drug-likeness (QED) is 0.785. The van der Waals surface area contributed by atoms with E-state index < -0.39 is 0 Å². The van der Waals surface area contributed by atoms with Gasteiger partial charge in [0.05, 0.1) is 28.4 Å². The number of para-hydroxylation sites is 1. The number of imidazole rings is 1. The van der Waals surface area contributed by atoms with Crippen LogP contribution in [0.4, 0.5) is 0 Å². The zero-order valence-corrected chi connectivity index (χ0v) is 15.6. The van der Waals surface area contributed by atoms with Crippen LogP contribution in [0.15, 0.2) is 36.7 Å². The summed E-state index contributed by atoms with van der Waals surface area (Å²) in [6.45, 7) is 2.27. The summed E-state index contributed by atoms with van der Waals surface area (Å²) in [7, 11) is 3.98. The van der Waals surface area contributed by atoms with Gasteiger partial charge in [0.15, 0.2) is 0 Å². The molecule has 1 atom stereocenters. The van der Waals surface area contributed by atoms with Gasteiger partial charge >= 0.3 is 0 Å². The van der Waals surface area contributed by atoms with Crippen LogP contribution in [-0.2, 0) is 4.79 Å². The van der Waals surface area contributed by atoms with Crippen LogP contribution in [0.1, 0.15) is 25.3 Å². The van der Waals surface area contributed by atoms with Crippen molar-refractivity contribution < 1.29 is 4.79 Å². The van der Waals surface area contributed by atoms with Crippen molar-refractivity contribution in [3.8, 4) is 0 Å². The first-order valence-electron chi connectivity index (χ1n) is 8.77. The van der Waals surface area contributed by atoms with Crippen molar-refractivity contribution in [2.75, 3.05) is 33.7 Å². The number of carbonyl (C=O) groups is 1. The molecule has 0 radical (unpaired) electrons. The van der Waals surface area contributed by atoms with Crippen molar-refractivity contribution in [3.63, 3.8) is 0 Å². The third-order valence-electron chi connectivity index (χ3n) is 4.63. The van der Waals surface area contributed by atoms with Gasteiger partial charge in [-0.3, -0.25) is 4.79 Å². The Labute approximate surface area is 153 Å². The highest BCUT2D eigenvalue weighted by atomic mass is 35.5. The third-order valence-corrected chi connectivity index (χ3v) is 4.93. The molecule has 0 saturated carbocycles. The molecule has 0 aliphatic carbocycles. The molecule has 2 aromatic rings. The number of rotatable bonds is 4. The van der Waals surface area contributed by atoms with Crippen LogP contribution in [0, 0.1) is 0 Å². The molecule has 1 amide bonds. The van der Waals surface area contributed by atoms with E-state index in [1.54, 1.807) is 6.08 Å². The van der Waals surface area contributed by atoms with E-state index in [-0.39, 0.29) is 11.9 Å². The molecule has 6 heteroatoms. The summed E-state index contributed by atoms with van der Waals surface area (Å²) in [6, 6.07) is 5.99. The molecule has 0 N–H and O–H groups in total. The van der Waals surface area contributed by atoms with Crippen LogP contribution in [0.2, 0.25) is 5.02 Å². The minimum absolute atomic E-state index is 0.0873. The monoisotopic (exact) mass is 360 g/mol. The van der Waals surface area contributed by atoms with Crippen LogP contribution in [0.3, 0.4) is 0 Å². The Kier molecular flexibility index (Phi) is 5.76. The second kappa shape index (κ2) is 8.02. The summed E-state index contributed by atoms with van der Waals surface area (Å²) in [6.07, 6.45) is 8.64. The minimum Gasteiger partial charge on any atom is -0.337 e. The second-order valence-electron chi connectivity index (χ2n) is 6.86. The van der Waals surface area contributed by atoms with Crippen molar-refractivity contribution in [3.05, 3.63) is 41.7 Å². The molecule has 2 heterocycles. The van der Waals surface area contributed by atoms with E-state index in [0.29, 0.717) is 11.6 Å². The van der Waals surface area contributed by atoms with Gasteiger partial charge in [-0.15, -0.1) is 0 Å². The molecule has 1 saturated heterocycles. The Hall–Kier alpha value is -1.85. The average molecular weight is 361 g/mol. The molecule has 3 rings (SSSR count). The molecular weight excluding hydrogens is 336 g/mol. The predicted molar refractivity (Wildman–Crippen MR) is 102 cm³/mol. The molecule has 0 bridgehead atoms. The van der Waals surface area contributed by atoms with Crippen molar-refractivity contribution in [2.45, 2.75) is 25.3 Å². The molecule has 5 nitrogen and oxygen atoms in total. The van der Waals surface area contributed by atoms with E-state index in [1.807, 2.05) is 54.5 Å². The standard InChI is InChI=1S/C19H25ClN4O/c1-22(2)11-6-10-18(25)23-12-4-3-7-15(13-23)24-14-21-17-9-5-8-16(20)19(17)24/h5-6,8-10,14-15H,3-4,7,11-13H2,1-2H3. The number of hydrogen-bond donors (Lipinski definition) is 0. The normalized spacial score (nSPS) is 19.0. The smallest absolute Gasteiger partial charge is 0.246 e. The number of hydrogen-bond acceptors (Lipinski definition) is 3. The van der Waals surface area contributed by atoms with Gasteiger partial charge in [-0.05, 0) is 45.5 Å². The van der Waals surface area contributed by atoms with E-state index >= 15 is 0 Å². The number of likely N-dealkylation sites (tertiary alicyclic amines) is 1. The summed E-state index contributed by atoms with van der Waals surface area (Å²) in [4.78, 5) is 21.0. The molecule has 1 aromatic heterocycles. The zero-order valence-electron chi connectivity index (χ0n) is 14.9. The highest BCUT2D eigenvalue weighted by Crippen LogP contribution is 2.29. The van der Waals surface area contributed by atoms with Crippen molar-refractivity contribution >= 4 is 28.5 Å². The van der Waals surface area contributed by atoms with Crippen molar-refractivity contribution in [1.82, 2.24) is 19.4 Å². The number of amides is 1. The maximum atomic E-state index is 12.5. The molecule has 1 fully saturated rings. The van der Waals surface area contributed by atoms with Crippen LogP contribution < -0.4 is 0 Å². The lowest BCUT2D eigenvalue weighted by atomic mass is 10.1. The first-order chi connectivity index (χ1) is 12.1. The molecular formula is C19H25ClN4O. The van der Waals surface area contributed by atoms with E-state index in [1.165, 1.54) is 0 Å². The summed E-state index contributed by atoms with van der Waals surface area (Å²) in [5.41, 5.74) is 1.87. The van der Waals surface area contributed by atoms with E-state index in [2.05, 4.69) is 9.55 Å². The SMILES string of the molecule is CN(C)CC=CC(=O)N1CCCCC(n2cnc3cccc(Cl)c32)C1. The second-order valence-corrected chi connectivity index (χ2v) is 7.27. The number of fused-ring (bicyclic) bond motifs is 1. The minimum atomic E-state index is 0.0873. The van der Waals surface area contributed by atoms with Crippen LogP contribution in [0.25, 0.3) is 11.0 Å². The molecule has 1 aliphatic heterocycles. The van der Waals surface area contributed by atoms with Crippen LogP contribution >= 0.6 is 11.6 Å². The number of carbonyl (C=O) groups excluding carboxylic acids is 1. The lowest BCUT2D eigenvalue weighted by Gasteiger charge is -2.25. The Morgan fingerprint density at radius 1 is 1.40 bits per heavy atom. The highest BCUT2D eigenvalue weighted by Gasteiger charge is 2.23. The van der Waals surface area contributed by atoms with Gasteiger partial charge in [0.2, 0.25) is 5.91 Å². The largest absolute Gasteiger partial charge is 0.337 e. The maximum absolute atomic E-state index is 12.5. The first kappa shape index (κ1) is 18.0. The van der Waals surface area contributed by atoms with Crippen LogP contribution in [0.5, 0.6) is 0 Å². The highest BCUT2D eigenvalue weighted by molar-refractivity contribution is 6.34. The van der Waals surface area contributed by atoms with Crippen molar-refractivity contribution in [1.29, 1.82) is 0 Å². The molecule has 134 valence electrons. The van der Waals surface area contributed by atoms with Crippen LogP contribution in [-0.4, -0.2) is 59.0 Å². The van der Waals surface area contributed by atoms with Gasteiger partial charge in [0.25, 0.3) is 0 Å². The fourth-order valence-corrected chi connectivity index (χ4v) is 3.61. The fourth-order valence-electron chi connectivity index (χ4n) is 3.34. The Bertz CT molecular complexity index is 768. The number of nitrogens with zero attached hydrogens (tertiary/aromatic N) is 4. The first-order valence-corrected chi connectivity index (χ1v) is 9.15. The van der Waals surface area contributed by atoms with Gasteiger partial charge in [-0.2, -0.15) is 0 Å². The van der Waals surface area contributed by atoms with E-state index in [4.69, 9.17) is 11.6 Å². The van der Waals surface area contributed by atoms with E-state index in [0.717, 1.165) is 43.4 Å². The maximum Gasteiger partial charge on any atom is 0.246 e. The summed E-state index contributed by atoms with van der Waals surface area (Å²) < 4.78 is 2.15. The fraction of sp³-hybridized carbons (Fsp3) is 0.474. The molecule has 1 unspecified atom stereocenters. The lowest BCUT2D eigenvalue weighted by Crippen LogP contribution is -2.34. The summed E-state index contributed by atoms with van der Waals surface area (Å²) in [5, 5.41) is 0.711. The molecule has 0 spiro atoms. The molecule has 25 heavy (non-hydrogen) atoms. The summed E-state index contributed by atoms with van der Waals surface area (Å²) in [5.74, 6) is 0.0873. The molecule has 1 aromatic carbocycles. The summed E-state index contributed by atoms with van der Waals surface area (Å²) >= 11 is 6.40. The topological polar surface area (TPSA) is 41.4 Å². The Morgan fingerprint density at radius 3 is 3.04 bits per heavy atom. The Balaban J connectivity index is 1.80. The van der Waals surface area contributed by atoms with Gasteiger partial charge in [-0.25, -0.2) is 4.98 Å². The number of aromatic nitrogens is 2. The van der Waals surface area contributed by atoms with Crippen molar-refractivity contribution in [2.24, 2.45) is 0 Å².